The number of allylic oxidation sites excluding steroid dienone is 6. The van der Waals surface area contributed by atoms with Crippen LogP contribution in [0.1, 0.15) is 123 Å². The van der Waals surface area contributed by atoms with Gasteiger partial charge in [-0.25, -0.2) is 4.39 Å². The van der Waals surface area contributed by atoms with Crippen molar-refractivity contribution in [1.82, 2.24) is 0 Å². The van der Waals surface area contributed by atoms with Crippen molar-refractivity contribution in [2.75, 3.05) is 0 Å². The Morgan fingerprint density at radius 2 is 1.59 bits per heavy atom. The Balaban J connectivity index is 0.000000495. The number of unbranched alkanes of at least 4 members (excludes halogenated alkanes) is 1. The summed E-state index contributed by atoms with van der Waals surface area (Å²) in [6, 6.07) is 12.2. The number of aryl methyl sites for hydroxylation is 2. The van der Waals surface area contributed by atoms with Crippen LogP contribution in [-0.4, -0.2) is 5.71 Å². The summed E-state index contributed by atoms with van der Waals surface area (Å²) in [4.78, 5) is 4.51. The van der Waals surface area contributed by atoms with Gasteiger partial charge in [-0.3, -0.25) is 4.99 Å². The molecule has 214 valence electrons. The van der Waals surface area contributed by atoms with E-state index in [-0.39, 0.29) is 10.8 Å². The van der Waals surface area contributed by atoms with Crippen molar-refractivity contribution >= 4 is 22.9 Å². The number of hydrogen-bond acceptors (Lipinski definition) is 1. The zero-order chi connectivity index (χ0) is 29.7. The SMILES string of the molecule is CC/C=C(\C)N=C(C)C(C)=C(C)C.CCCC/C(=C(/C)C(C)c1ccc(C)cc1)c1cc(Cl)c(F)cc1CC. The summed E-state index contributed by atoms with van der Waals surface area (Å²) in [6.45, 7) is 23.4. The molecule has 2 aromatic rings. The largest absolute Gasteiger partial charge is 0.259 e. The standard InChI is InChI=1S/C24H30ClF.C12H21N/c1-6-8-9-21(22-15-23(25)24(26)14-19(22)7-2)18(5)17(4)20-12-10-16(3)11-13-20;1-7-8-10(4)13-12(6)11(5)9(2)3/h10-15,17H,6-9H2,1-5H3;8H,7H2,1-6H3/b21-18+;10-8+,13-12?. The first-order valence-electron chi connectivity index (χ1n) is 14.5. The molecule has 0 aliphatic heterocycles. The predicted octanol–water partition coefficient (Wildman–Crippen LogP) is 12.2. The summed E-state index contributed by atoms with van der Waals surface area (Å²) in [7, 11) is 0. The maximum Gasteiger partial charge on any atom is 0.142 e. The van der Waals surface area contributed by atoms with Crippen molar-refractivity contribution in [2.45, 2.75) is 114 Å². The van der Waals surface area contributed by atoms with Gasteiger partial charge in [0.15, 0.2) is 0 Å². The van der Waals surface area contributed by atoms with Gasteiger partial charge < -0.3 is 0 Å². The minimum Gasteiger partial charge on any atom is -0.259 e. The molecule has 0 spiro atoms. The molecule has 0 saturated carbocycles. The van der Waals surface area contributed by atoms with Crippen LogP contribution in [0.5, 0.6) is 0 Å². The lowest BCUT2D eigenvalue weighted by molar-refractivity contribution is 0.625. The number of aliphatic imine (C=N–C) groups is 1. The molecule has 3 heteroatoms. The summed E-state index contributed by atoms with van der Waals surface area (Å²) < 4.78 is 14.0. The number of rotatable bonds is 10. The highest BCUT2D eigenvalue weighted by atomic mass is 35.5. The van der Waals surface area contributed by atoms with Crippen molar-refractivity contribution in [3.63, 3.8) is 0 Å². The molecule has 0 aliphatic rings. The van der Waals surface area contributed by atoms with Gasteiger partial charge in [0.2, 0.25) is 0 Å². The summed E-state index contributed by atoms with van der Waals surface area (Å²) in [5.74, 6) is -0.0117. The minimum absolute atomic E-state index is 0.210. The Bertz CT molecular complexity index is 1190. The summed E-state index contributed by atoms with van der Waals surface area (Å²) in [5.41, 5.74) is 12.3. The van der Waals surface area contributed by atoms with Gasteiger partial charge >= 0.3 is 0 Å². The summed E-state index contributed by atoms with van der Waals surface area (Å²) >= 11 is 6.14. The van der Waals surface area contributed by atoms with E-state index >= 15 is 0 Å². The van der Waals surface area contributed by atoms with Crippen LogP contribution in [0, 0.1) is 12.7 Å². The van der Waals surface area contributed by atoms with E-state index in [4.69, 9.17) is 11.6 Å². The van der Waals surface area contributed by atoms with Crippen molar-refractivity contribution in [3.8, 4) is 0 Å². The molecule has 0 N–H and O–H groups in total. The van der Waals surface area contributed by atoms with Crippen molar-refractivity contribution in [3.05, 3.63) is 98.0 Å². The van der Waals surface area contributed by atoms with E-state index < -0.39 is 0 Å². The van der Waals surface area contributed by atoms with E-state index in [0.29, 0.717) is 5.92 Å². The van der Waals surface area contributed by atoms with Crippen molar-refractivity contribution in [2.24, 2.45) is 4.99 Å². The van der Waals surface area contributed by atoms with Gasteiger partial charge in [0.05, 0.1) is 5.02 Å². The highest BCUT2D eigenvalue weighted by molar-refractivity contribution is 6.31. The first-order chi connectivity index (χ1) is 18.4. The molecule has 1 nitrogen and oxygen atoms in total. The maximum atomic E-state index is 14.0. The molecule has 0 aromatic heterocycles. The fraction of sp³-hybridized carbons (Fsp3) is 0.472. The van der Waals surface area contributed by atoms with Gasteiger partial charge in [-0.1, -0.05) is 92.8 Å². The molecule has 2 rings (SSSR count). The van der Waals surface area contributed by atoms with Gasteiger partial charge in [0.25, 0.3) is 0 Å². The van der Waals surface area contributed by atoms with Crippen LogP contribution in [0.25, 0.3) is 5.57 Å². The Hall–Kier alpha value is -2.45. The van der Waals surface area contributed by atoms with Crippen LogP contribution in [0.15, 0.2) is 69.9 Å². The minimum atomic E-state index is -0.327. The smallest absolute Gasteiger partial charge is 0.142 e. The molecular formula is C36H51ClFN. The van der Waals surface area contributed by atoms with E-state index in [0.717, 1.165) is 54.6 Å². The Labute approximate surface area is 244 Å². The van der Waals surface area contributed by atoms with Crippen LogP contribution in [0.4, 0.5) is 4.39 Å². The zero-order valence-electron chi connectivity index (χ0n) is 26.4. The molecule has 0 bridgehead atoms. The molecule has 1 unspecified atom stereocenters. The third kappa shape index (κ3) is 10.9. The zero-order valence-corrected chi connectivity index (χ0v) is 27.1. The van der Waals surface area contributed by atoms with Crippen LogP contribution in [-0.2, 0) is 6.42 Å². The number of benzene rings is 2. The quantitative estimate of drug-likeness (QED) is 0.260. The van der Waals surface area contributed by atoms with E-state index in [1.165, 1.54) is 33.4 Å². The molecule has 1 atom stereocenters. The summed E-state index contributed by atoms with van der Waals surface area (Å²) in [6.07, 6.45) is 7.23. The fourth-order valence-corrected chi connectivity index (χ4v) is 4.64. The predicted molar refractivity (Wildman–Crippen MR) is 174 cm³/mol. The van der Waals surface area contributed by atoms with Gasteiger partial charge in [0, 0.05) is 17.3 Å². The topological polar surface area (TPSA) is 12.4 Å². The lowest BCUT2D eigenvalue weighted by Crippen LogP contribution is -2.03. The second-order valence-electron chi connectivity index (χ2n) is 10.8. The molecule has 0 amide bonds. The van der Waals surface area contributed by atoms with E-state index in [1.54, 1.807) is 6.07 Å². The molecule has 0 heterocycles. The van der Waals surface area contributed by atoms with E-state index in [2.05, 4.69) is 105 Å². The molecule has 2 aromatic carbocycles. The average molecular weight is 552 g/mol. The Kier molecular flexibility index (Phi) is 15.3. The Morgan fingerprint density at radius 3 is 2.10 bits per heavy atom. The van der Waals surface area contributed by atoms with Crippen molar-refractivity contribution < 1.29 is 4.39 Å². The van der Waals surface area contributed by atoms with Crippen LogP contribution < -0.4 is 0 Å². The van der Waals surface area contributed by atoms with Gasteiger partial charge in [0.1, 0.15) is 5.82 Å². The normalized spacial score (nSPS) is 13.4. The van der Waals surface area contributed by atoms with Gasteiger partial charge in [-0.05, 0) is 114 Å². The van der Waals surface area contributed by atoms with E-state index in [9.17, 15) is 4.39 Å². The molecule has 0 fully saturated rings. The van der Waals surface area contributed by atoms with Gasteiger partial charge in [-0.2, -0.15) is 0 Å². The third-order valence-electron chi connectivity index (χ3n) is 7.47. The van der Waals surface area contributed by atoms with Crippen molar-refractivity contribution in [1.29, 1.82) is 0 Å². The fourth-order valence-electron chi connectivity index (χ4n) is 4.48. The molecule has 0 aliphatic carbocycles. The maximum absolute atomic E-state index is 14.0. The third-order valence-corrected chi connectivity index (χ3v) is 7.76. The monoisotopic (exact) mass is 551 g/mol. The number of hydrogen-bond donors (Lipinski definition) is 0. The lowest BCUT2D eigenvalue weighted by Gasteiger charge is -2.21. The van der Waals surface area contributed by atoms with Crippen LogP contribution in [0.2, 0.25) is 5.02 Å². The lowest BCUT2D eigenvalue weighted by atomic mass is 9.84. The molecule has 0 radical (unpaired) electrons. The second-order valence-corrected chi connectivity index (χ2v) is 11.2. The van der Waals surface area contributed by atoms with Gasteiger partial charge in [-0.15, -0.1) is 0 Å². The van der Waals surface area contributed by atoms with E-state index in [1.807, 2.05) is 13.0 Å². The molecule has 39 heavy (non-hydrogen) atoms. The molecule has 0 saturated heterocycles. The summed E-state index contributed by atoms with van der Waals surface area (Å²) in [5, 5.41) is 0.210. The number of halogens is 2. The first kappa shape index (κ1) is 34.6. The van der Waals surface area contributed by atoms with Crippen LogP contribution >= 0.6 is 11.6 Å². The average Bonchev–Trinajstić information content (AvgIpc) is 2.90. The van der Waals surface area contributed by atoms with Crippen LogP contribution in [0.3, 0.4) is 0 Å². The second kappa shape index (κ2) is 17.3. The first-order valence-corrected chi connectivity index (χ1v) is 14.9. The highest BCUT2D eigenvalue weighted by Gasteiger charge is 2.17. The highest BCUT2D eigenvalue weighted by Crippen LogP contribution is 2.36. The molecular weight excluding hydrogens is 501 g/mol. The number of nitrogens with zero attached hydrogens (tertiary/aromatic N) is 1. The Morgan fingerprint density at radius 1 is 0.974 bits per heavy atom.